The van der Waals surface area contributed by atoms with Crippen LogP contribution in [0.3, 0.4) is 0 Å². The van der Waals surface area contributed by atoms with Crippen molar-refractivity contribution in [3.05, 3.63) is 35.4 Å². The zero-order chi connectivity index (χ0) is 17.5. The van der Waals surface area contributed by atoms with Crippen LogP contribution in [0, 0.1) is 0 Å². The van der Waals surface area contributed by atoms with E-state index in [1.54, 1.807) is 45.0 Å². The van der Waals surface area contributed by atoms with E-state index >= 15 is 0 Å². The van der Waals surface area contributed by atoms with Crippen molar-refractivity contribution in [3.8, 4) is 0 Å². The first-order chi connectivity index (χ1) is 10.7. The van der Waals surface area contributed by atoms with Gasteiger partial charge in [0, 0.05) is 24.8 Å². The number of hydrogen-bond donors (Lipinski definition) is 3. The first kappa shape index (κ1) is 19.0. The molecule has 128 valence electrons. The van der Waals surface area contributed by atoms with Gasteiger partial charge >= 0.3 is 6.09 Å². The molecule has 1 aromatic carbocycles. The molecule has 23 heavy (non-hydrogen) atoms. The van der Waals surface area contributed by atoms with E-state index in [9.17, 15) is 9.59 Å². The highest BCUT2D eigenvalue weighted by atomic mass is 16.6. The number of carbonyl (C=O) groups is 2. The molecule has 0 aromatic heterocycles. The summed E-state index contributed by atoms with van der Waals surface area (Å²) >= 11 is 0. The quantitative estimate of drug-likeness (QED) is 0.749. The molecule has 0 fully saturated rings. The molecule has 0 saturated heterocycles. The molecular weight excluding hydrogens is 296 g/mol. The number of benzene rings is 1. The Morgan fingerprint density at radius 1 is 1.22 bits per heavy atom. The fourth-order valence-corrected chi connectivity index (χ4v) is 1.84. The van der Waals surface area contributed by atoms with Crippen LogP contribution in [0.1, 0.15) is 50.0 Å². The number of aliphatic hydroxyl groups is 1. The lowest BCUT2D eigenvalue weighted by molar-refractivity contribution is 0.0523. The molecule has 6 heteroatoms. The maximum absolute atomic E-state index is 12.0. The van der Waals surface area contributed by atoms with Gasteiger partial charge in [0.15, 0.2) is 0 Å². The third-order valence-corrected chi connectivity index (χ3v) is 2.99. The van der Waals surface area contributed by atoms with Crippen LogP contribution in [0.15, 0.2) is 24.3 Å². The van der Waals surface area contributed by atoms with Crippen molar-refractivity contribution in [3.63, 3.8) is 0 Å². The van der Waals surface area contributed by atoms with Crippen LogP contribution in [-0.2, 0) is 11.3 Å². The van der Waals surface area contributed by atoms with E-state index in [0.717, 1.165) is 5.56 Å². The van der Waals surface area contributed by atoms with Gasteiger partial charge in [0.2, 0.25) is 0 Å². The van der Waals surface area contributed by atoms with Crippen molar-refractivity contribution < 1.29 is 19.4 Å². The highest BCUT2D eigenvalue weighted by molar-refractivity contribution is 5.94. The summed E-state index contributed by atoms with van der Waals surface area (Å²) in [4.78, 5) is 23.6. The minimum Gasteiger partial charge on any atom is -0.444 e. The number of aliphatic hydroxyl groups excluding tert-OH is 1. The molecule has 2 amide bonds. The van der Waals surface area contributed by atoms with Crippen LogP contribution in [0.25, 0.3) is 0 Å². The molecular formula is C17H26N2O4. The van der Waals surface area contributed by atoms with Crippen LogP contribution in [0.2, 0.25) is 0 Å². The Morgan fingerprint density at radius 2 is 1.83 bits per heavy atom. The summed E-state index contributed by atoms with van der Waals surface area (Å²) in [6.45, 7) is 7.62. The van der Waals surface area contributed by atoms with Gasteiger partial charge < -0.3 is 20.5 Å². The number of nitrogens with one attached hydrogen (secondary N) is 2. The zero-order valence-corrected chi connectivity index (χ0v) is 14.2. The standard InChI is InChI=1S/C17H26N2O4/c1-12(9-10-20)19-15(21)14-7-5-13(6-8-14)11-18-16(22)23-17(2,3)4/h5-8,12,20H,9-11H2,1-4H3,(H,18,22)(H,19,21). The van der Waals surface area contributed by atoms with Gasteiger partial charge in [-0.25, -0.2) is 4.79 Å². The summed E-state index contributed by atoms with van der Waals surface area (Å²) in [5.74, 6) is -0.183. The van der Waals surface area contributed by atoms with E-state index in [4.69, 9.17) is 9.84 Å². The Bertz CT molecular complexity index is 520. The third kappa shape index (κ3) is 7.65. The second-order valence-electron chi connectivity index (χ2n) is 6.44. The lowest BCUT2D eigenvalue weighted by Gasteiger charge is -2.19. The Morgan fingerprint density at radius 3 is 2.35 bits per heavy atom. The summed E-state index contributed by atoms with van der Waals surface area (Å²) in [5.41, 5.74) is 0.878. The van der Waals surface area contributed by atoms with E-state index in [2.05, 4.69) is 10.6 Å². The van der Waals surface area contributed by atoms with Crippen molar-refractivity contribution in [1.82, 2.24) is 10.6 Å². The van der Waals surface area contributed by atoms with Crippen LogP contribution in [0.4, 0.5) is 4.79 Å². The maximum atomic E-state index is 12.0. The molecule has 6 nitrogen and oxygen atoms in total. The molecule has 0 bridgehead atoms. The number of ether oxygens (including phenoxy) is 1. The van der Waals surface area contributed by atoms with Crippen molar-refractivity contribution in [2.24, 2.45) is 0 Å². The first-order valence-electron chi connectivity index (χ1n) is 7.69. The van der Waals surface area contributed by atoms with Gasteiger partial charge in [-0.15, -0.1) is 0 Å². The largest absolute Gasteiger partial charge is 0.444 e. The van der Waals surface area contributed by atoms with E-state index in [1.165, 1.54) is 0 Å². The van der Waals surface area contributed by atoms with Gasteiger partial charge in [-0.05, 0) is 51.8 Å². The minimum absolute atomic E-state index is 0.0384. The fourth-order valence-electron chi connectivity index (χ4n) is 1.84. The molecule has 0 aliphatic rings. The number of hydrogen-bond acceptors (Lipinski definition) is 4. The summed E-state index contributed by atoms with van der Waals surface area (Å²) in [5, 5.41) is 14.3. The summed E-state index contributed by atoms with van der Waals surface area (Å²) in [7, 11) is 0. The summed E-state index contributed by atoms with van der Waals surface area (Å²) in [6, 6.07) is 6.88. The molecule has 1 rings (SSSR count). The molecule has 3 N–H and O–H groups in total. The third-order valence-electron chi connectivity index (χ3n) is 2.99. The van der Waals surface area contributed by atoms with E-state index in [1.807, 2.05) is 6.92 Å². The molecule has 1 atom stereocenters. The van der Waals surface area contributed by atoms with Crippen molar-refractivity contribution in [2.75, 3.05) is 6.61 Å². The van der Waals surface area contributed by atoms with E-state index < -0.39 is 11.7 Å². The topological polar surface area (TPSA) is 87.7 Å². The monoisotopic (exact) mass is 322 g/mol. The predicted octanol–water partition coefficient (Wildman–Crippen LogP) is 2.21. The Balaban J connectivity index is 2.50. The van der Waals surface area contributed by atoms with Crippen molar-refractivity contribution >= 4 is 12.0 Å². The number of carbonyl (C=O) groups excluding carboxylic acids is 2. The van der Waals surface area contributed by atoms with Gasteiger partial charge in [-0.3, -0.25) is 4.79 Å². The molecule has 0 saturated carbocycles. The average molecular weight is 322 g/mol. The van der Waals surface area contributed by atoms with Crippen molar-refractivity contribution in [2.45, 2.75) is 52.3 Å². The minimum atomic E-state index is -0.530. The van der Waals surface area contributed by atoms with Crippen LogP contribution >= 0.6 is 0 Å². The second-order valence-corrected chi connectivity index (χ2v) is 6.44. The van der Waals surface area contributed by atoms with Gasteiger partial charge in [-0.1, -0.05) is 12.1 Å². The van der Waals surface area contributed by atoms with E-state index in [-0.39, 0.29) is 18.6 Å². The van der Waals surface area contributed by atoms with E-state index in [0.29, 0.717) is 18.5 Å². The summed E-state index contributed by atoms with van der Waals surface area (Å²) < 4.78 is 5.15. The highest BCUT2D eigenvalue weighted by Gasteiger charge is 2.15. The fraction of sp³-hybridized carbons (Fsp3) is 0.529. The molecule has 1 unspecified atom stereocenters. The van der Waals surface area contributed by atoms with Crippen LogP contribution in [0.5, 0.6) is 0 Å². The summed E-state index contributed by atoms with van der Waals surface area (Å²) in [6.07, 6.45) is 0.0426. The number of rotatable bonds is 6. The van der Waals surface area contributed by atoms with Gasteiger partial charge in [0.05, 0.1) is 0 Å². The Labute approximate surface area is 137 Å². The predicted molar refractivity (Wildman–Crippen MR) is 88.1 cm³/mol. The molecule has 0 aliphatic heterocycles. The molecule has 0 radical (unpaired) electrons. The Kier molecular flexibility index (Phi) is 7.03. The van der Waals surface area contributed by atoms with Gasteiger partial charge in [-0.2, -0.15) is 0 Å². The second kappa shape index (κ2) is 8.53. The highest BCUT2D eigenvalue weighted by Crippen LogP contribution is 2.08. The van der Waals surface area contributed by atoms with Crippen molar-refractivity contribution in [1.29, 1.82) is 0 Å². The normalized spacial score (nSPS) is 12.4. The lowest BCUT2D eigenvalue weighted by Crippen LogP contribution is -2.33. The maximum Gasteiger partial charge on any atom is 0.407 e. The smallest absolute Gasteiger partial charge is 0.407 e. The molecule has 0 heterocycles. The number of amides is 2. The molecule has 0 aliphatic carbocycles. The number of alkyl carbamates (subject to hydrolysis) is 1. The van der Waals surface area contributed by atoms with Crippen LogP contribution < -0.4 is 10.6 Å². The average Bonchev–Trinajstić information content (AvgIpc) is 2.44. The molecule has 0 spiro atoms. The Hall–Kier alpha value is -2.08. The van der Waals surface area contributed by atoms with Gasteiger partial charge in [0.1, 0.15) is 5.60 Å². The van der Waals surface area contributed by atoms with Crippen LogP contribution in [-0.4, -0.2) is 35.4 Å². The molecule has 1 aromatic rings. The lowest BCUT2D eigenvalue weighted by atomic mass is 10.1. The first-order valence-corrected chi connectivity index (χ1v) is 7.69. The SMILES string of the molecule is CC(CCO)NC(=O)c1ccc(CNC(=O)OC(C)(C)C)cc1. The zero-order valence-electron chi connectivity index (χ0n) is 14.2. The van der Waals surface area contributed by atoms with Gasteiger partial charge in [0.25, 0.3) is 5.91 Å².